The molecule has 4 rings (SSSR count). The van der Waals surface area contributed by atoms with Crippen molar-refractivity contribution in [2.24, 2.45) is 0 Å². The molecule has 0 bridgehead atoms. The van der Waals surface area contributed by atoms with Gasteiger partial charge in [0.25, 0.3) is 11.7 Å². The van der Waals surface area contributed by atoms with Crippen LogP contribution in [0.15, 0.2) is 84.4 Å². The number of hydrogen-bond donors (Lipinski definition) is 1. The summed E-state index contributed by atoms with van der Waals surface area (Å²) in [4.78, 5) is 27.3. The molecule has 1 atom stereocenters. The molecular formula is C23H15Cl2NO3. The maximum atomic E-state index is 13.0. The van der Waals surface area contributed by atoms with Crippen LogP contribution < -0.4 is 4.90 Å². The molecule has 3 aromatic carbocycles. The second-order valence-electron chi connectivity index (χ2n) is 6.57. The van der Waals surface area contributed by atoms with E-state index >= 15 is 0 Å². The Balaban J connectivity index is 1.95. The summed E-state index contributed by atoms with van der Waals surface area (Å²) in [5, 5.41) is 11.9. The lowest BCUT2D eigenvalue weighted by molar-refractivity contribution is -0.132. The van der Waals surface area contributed by atoms with Crippen LogP contribution in [0.1, 0.15) is 17.2 Å². The van der Waals surface area contributed by atoms with E-state index < -0.39 is 17.7 Å². The predicted molar refractivity (Wildman–Crippen MR) is 114 cm³/mol. The van der Waals surface area contributed by atoms with Gasteiger partial charge >= 0.3 is 0 Å². The molecule has 1 saturated heterocycles. The highest BCUT2D eigenvalue weighted by Gasteiger charge is 2.46. The number of amides is 1. The Kier molecular flexibility index (Phi) is 5.14. The molecule has 0 radical (unpaired) electrons. The molecule has 3 aromatic rings. The van der Waals surface area contributed by atoms with Gasteiger partial charge in [-0.3, -0.25) is 14.5 Å². The van der Waals surface area contributed by atoms with Crippen LogP contribution in [0.4, 0.5) is 5.69 Å². The number of carbonyl (C=O) groups excluding carboxylic acids is 2. The molecule has 0 spiro atoms. The number of anilines is 1. The number of halogens is 2. The second kappa shape index (κ2) is 7.74. The average molecular weight is 424 g/mol. The Morgan fingerprint density at radius 2 is 1.52 bits per heavy atom. The summed E-state index contributed by atoms with van der Waals surface area (Å²) >= 11 is 12.1. The number of para-hydroxylation sites is 1. The van der Waals surface area contributed by atoms with Gasteiger partial charge < -0.3 is 5.11 Å². The minimum Gasteiger partial charge on any atom is -0.507 e. The van der Waals surface area contributed by atoms with Gasteiger partial charge in [0.15, 0.2) is 0 Å². The maximum Gasteiger partial charge on any atom is 0.300 e. The third kappa shape index (κ3) is 3.53. The van der Waals surface area contributed by atoms with Crippen LogP contribution >= 0.6 is 23.2 Å². The van der Waals surface area contributed by atoms with Gasteiger partial charge in [0, 0.05) is 21.3 Å². The number of ketones is 1. The van der Waals surface area contributed by atoms with Gasteiger partial charge in [-0.2, -0.15) is 0 Å². The lowest BCUT2D eigenvalue weighted by Crippen LogP contribution is -2.29. The van der Waals surface area contributed by atoms with Crippen molar-refractivity contribution < 1.29 is 14.7 Å². The Morgan fingerprint density at radius 3 is 2.17 bits per heavy atom. The van der Waals surface area contributed by atoms with Crippen molar-refractivity contribution in [2.75, 3.05) is 4.90 Å². The van der Waals surface area contributed by atoms with E-state index in [0.717, 1.165) is 0 Å². The molecule has 1 aliphatic heterocycles. The Bertz CT molecular complexity index is 1120. The fourth-order valence-electron chi connectivity index (χ4n) is 3.44. The zero-order valence-corrected chi connectivity index (χ0v) is 16.6. The van der Waals surface area contributed by atoms with Crippen molar-refractivity contribution in [3.8, 4) is 0 Å². The van der Waals surface area contributed by atoms with Gasteiger partial charge in [-0.1, -0.05) is 65.7 Å². The average Bonchev–Trinajstić information content (AvgIpc) is 2.99. The second-order valence-corrected chi connectivity index (χ2v) is 7.44. The predicted octanol–water partition coefficient (Wildman–Crippen LogP) is 5.62. The molecule has 1 heterocycles. The zero-order chi connectivity index (χ0) is 20.5. The Morgan fingerprint density at radius 1 is 0.828 bits per heavy atom. The van der Waals surface area contributed by atoms with Crippen molar-refractivity contribution in [3.63, 3.8) is 0 Å². The quantitative estimate of drug-likeness (QED) is 0.337. The number of hydrogen-bond acceptors (Lipinski definition) is 3. The summed E-state index contributed by atoms with van der Waals surface area (Å²) in [5.74, 6) is -1.74. The van der Waals surface area contributed by atoms with E-state index in [9.17, 15) is 14.7 Å². The van der Waals surface area contributed by atoms with E-state index in [-0.39, 0.29) is 11.3 Å². The van der Waals surface area contributed by atoms with Gasteiger partial charge in [0.05, 0.1) is 11.6 Å². The van der Waals surface area contributed by atoms with E-state index in [1.54, 1.807) is 72.8 Å². The highest BCUT2D eigenvalue weighted by Crippen LogP contribution is 2.42. The summed E-state index contributed by atoms with van der Waals surface area (Å²) < 4.78 is 0. The molecule has 29 heavy (non-hydrogen) atoms. The first-order valence-electron chi connectivity index (χ1n) is 8.85. The number of aliphatic hydroxyl groups excluding tert-OH is 1. The van der Waals surface area contributed by atoms with Crippen LogP contribution in [-0.4, -0.2) is 16.8 Å². The zero-order valence-electron chi connectivity index (χ0n) is 15.0. The van der Waals surface area contributed by atoms with Crippen molar-refractivity contribution in [2.45, 2.75) is 6.04 Å². The minimum atomic E-state index is -0.798. The SMILES string of the molecule is O=C1C(=O)N(c2ccccc2)C(c2ccc(Cl)cc2)/C1=C(/O)c1cccc(Cl)c1. The minimum absolute atomic E-state index is 0.00319. The molecule has 1 fully saturated rings. The summed E-state index contributed by atoms with van der Waals surface area (Å²) in [6.45, 7) is 0. The molecular weight excluding hydrogens is 409 g/mol. The first kappa shape index (κ1) is 19.2. The summed E-state index contributed by atoms with van der Waals surface area (Å²) in [6.07, 6.45) is 0. The molecule has 1 amide bonds. The first-order chi connectivity index (χ1) is 14.0. The fourth-order valence-corrected chi connectivity index (χ4v) is 3.76. The van der Waals surface area contributed by atoms with Crippen LogP contribution in [0, 0.1) is 0 Å². The lowest BCUT2D eigenvalue weighted by atomic mass is 9.95. The van der Waals surface area contributed by atoms with Crippen LogP contribution in [0.25, 0.3) is 5.76 Å². The number of aliphatic hydroxyl groups is 1. The highest BCUT2D eigenvalue weighted by molar-refractivity contribution is 6.51. The van der Waals surface area contributed by atoms with E-state index in [0.29, 0.717) is 26.9 Å². The van der Waals surface area contributed by atoms with Gasteiger partial charge in [-0.15, -0.1) is 0 Å². The molecule has 1 unspecified atom stereocenters. The number of rotatable bonds is 3. The van der Waals surface area contributed by atoms with E-state index in [1.165, 1.54) is 4.90 Å². The summed E-state index contributed by atoms with van der Waals surface area (Å²) in [7, 11) is 0. The Labute approximate surface area is 177 Å². The molecule has 0 aromatic heterocycles. The lowest BCUT2D eigenvalue weighted by Gasteiger charge is -2.25. The van der Waals surface area contributed by atoms with E-state index in [1.807, 2.05) is 6.07 Å². The molecule has 144 valence electrons. The van der Waals surface area contributed by atoms with Crippen molar-refractivity contribution in [3.05, 3.63) is 106 Å². The number of carbonyl (C=O) groups is 2. The van der Waals surface area contributed by atoms with Crippen molar-refractivity contribution >= 4 is 46.3 Å². The van der Waals surface area contributed by atoms with Gasteiger partial charge in [0.2, 0.25) is 0 Å². The Hall–Kier alpha value is -3.08. The molecule has 1 aliphatic rings. The molecule has 0 saturated carbocycles. The van der Waals surface area contributed by atoms with Gasteiger partial charge in [-0.05, 0) is 42.0 Å². The van der Waals surface area contributed by atoms with Crippen molar-refractivity contribution in [1.82, 2.24) is 0 Å². The third-order valence-electron chi connectivity index (χ3n) is 4.76. The first-order valence-corrected chi connectivity index (χ1v) is 9.60. The van der Waals surface area contributed by atoms with Crippen LogP contribution in [0.2, 0.25) is 10.0 Å². The molecule has 4 nitrogen and oxygen atoms in total. The van der Waals surface area contributed by atoms with E-state index in [2.05, 4.69) is 0 Å². The number of nitrogens with zero attached hydrogens (tertiary/aromatic N) is 1. The smallest absolute Gasteiger partial charge is 0.300 e. The largest absolute Gasteiger partial charge is 0.507 e. The van der Waals surface area contributed by atoms with Gasteiger partial charge in [-0.25, -0.2) is 0 Å². The highest BCUT2D eigenvalue weighted by atomic mass is 35.5. The normalized spacial score (nSPS) is 18.3. The maximum absolute atomic E-state index is 13.0. The third-order valence-corrected chi connectivity index (χ3v) is 5.25. The topological polar surface area (TPSA) is 57.6 Å². The van der Waals surface area contributed by atoms with Crippen LogP contribution in [-0.2, 0) is 9.59 Å². The van der Waals surface area contributed by atoms with E-state index in [4.69, 9.17) is 23.2 Å². The molecule has 6 heteroatoms. The van der Waals surface area contributed by atoms with Crippen LogP contribution in [0.5, 0.6) is 0 Å². The monoisotopic (exact) mass is 423 g/mol. The number of Topliss-reactive ketones (excluding diaryl/α,β-unsaturated/α-hetero) is 1. The van der Waals surface area contributed by atoms with Crippen LogP contribution in [0.3, 0.4) is 0 Å². The summed E-state index contributed by atoms with van der Waals surface area (Å²) in [6, 6.07) is 21.4. The fraction of sp³-hybridized carbons (Fsp3) is 0.0435. The summed E-state index contributed by atoms with van der Waals surface area (Å²) in [5.41, 5.74) is 1.58. The standard InChI is InChI=1S/C23H15Cl2NO3/c24-16-11-9-14(10-12-16)20-19(21(27)15-5-4-6-17(25)13-15)22(28)23(29)26(20)18-7-2-1-3-8-18/h1-13,20,27H/b21-19-. The van der Waals surface area contributed by atoms with Crippen molar-refractivity contribution in [1.29, 1.82) is 0 Å². The number of benzene rings is 3. The van der Waals surface area contributed by atoms with Gasteiger partial charge in [0.1, 0.15) is 5.76 Å². The molecule has 0 aliphatic carbocycles. The molecule has 1 N–H and O–H groups in total.